The number of para-hydroxylation sites is 1. The molecule has 190 valence electrons. The standard InChI is InChI=1S/C27H27N5O4S/c1-18-9-8-10-19(13-18)16-28-29-24(33)17-37-27-31-30-26(32(27)21-11-6-5-7-12-21)20-14-22(34-2)25(36-4)23(15-20)35-3/h5-16H,17H2,1-4H3,(H,29,33). The highest BCUT2D eigenvalue weighted by Gasteiger charge is 2.21. The van der Waals surface area contributed by atoms with Gasteiger partial charge in [-0.25, -0.2) is 5.43 Å². The molecule has 0 aliphatic rings. The highest BCUT2D eigenvalue weighted by Crippen LogP contribution is 2.41. The molecule has 0 atom stereocenters. The Labute approximate surface area is 219 Å². The maximum Gasteiger partial charge on any atom is 0.250 e. The van der Waals surface area contributed by atoms with Crippen LogP contribution in [-0.2, 0) is 4.79 Å². The molecule has 0 aliphatic carbocycles. The molecule has 1 N–H and O–H groups in total. The number of hydrogen-bond donors (Lipinski definition) is 1. The molecule has 0 saturated carbocycles. The third kappa shape index (κ3) is 6.10. The van der Waals surface area contributed by atoms with Crippen LogP contribution in [0.4, 0.5) is 0 Å². The summed E-state index contributed by atoms with van der Waals surface area (Å²) in [6, 6.07) is 21.1. The molecule has 0 saturated heterocycles. The minimum atomic E-state index is -0.258. The highest BCUT2D eigenvalue weighted by atomic mass is 32.2. The van der Waals surface area contributed by atoms with Gasteiger partial charge in [0.25, 0.3) is 5.91 Å². The molecule has 0 radical (unpaired) electrons. The van der Waals surface area contributed by atoms with Crippen LogP contribution in [0.15, 0.2) is 77.0 Å². The van der Waals surface area contributed by atoms with Gasteiger partial charge in [-0.05, 0) is 36.8 Å². The predicted octanol–water partition coefficient (Wildman–Crippen LogP) is 4.51. The second-order valence-corrected chi connectivity index (χ2v) is 8.83. The number of carbonyl (C=O) groups excluding carboxylic acids is 1. The van der Waals surface area contributed by atoms with Crippen LogP contribution in [0.5, 0.6) is 17.2 Å². The average molecular weight is 518 g/mol. The lowest BCUT2D eigenvalue weighted by Crippen LogP contribution is -2.20. The van der Waals surface area contributed by atoms with Gasteiger partial charge in [0.1, 0.15) is 0 Å². The Balaban J connectivity index is 1.59. The van der Waals surface area contributed by atoms with Crippen molar-refractivity contribution in [2.24, 2.45) is 5.10 Å². The lowest BCUT2D eigenvalue weighted by atomic mass is 10.1. The molecule has 0 fully saturated rings. The first-order valence-electron chi connectivity index (χ1n) is 11.4. The molecule has 1 heterocycles. The van der Waals surface area contributed by atoms with Crippen molar-refractivity contribution in [3.63, 3.8) is 0 Å². The molecule has 0 unspecified atom stereocenters. The Bertz CT molecular complexity index is 1380. The van der Waals surface area contributed by atoms with Crippen molar-refractivity contribution in [3.8, 4) is 34.3 Å². The zero-order valence-electron chi connectivity index (χ0n) is 21.0. The van der Waals surface area contributed by atoms with Gasteiger partial charge in [0.05, 0.1) is 33.3 Å². The van der Waals surface area contributed by atoms with Crippen molar-refractivity contribution in [3.05, 3.63) is 77.9 Å². The number of amides is 1. The van der Waals surface area contributed by atoms with Gasteiger partial charge in [-0.2, -0.15) is 5.10 Å². The Kier molecular flexibility index (Phi) is 8.42. The molecule has 37 heavy (non-hydrogen) atoms. The molecular weight excluding hydrogens is 490 g/mol. The topological polar surface area (TPSA) is 99.9 Å². The number of carbonyl (C=O) groups is 1. The first-order chi connectivity index (χ1) is 18.0. The molecule has 1 aromatic heterocycles. The van der Waals surface area contributed by atoms with Crippen molar-refractivity contribution >= 4 is 23.9 Å². The van der Waals surface area contributed by atoms with Crippen LogP contribution >= 0.6 is 11.8 Å². The van der Waals surface area contributed by atoms with Crippen molar-refractivity contribution in [2.45, 2.75) is 12.1 Å². The maximum absolute atomic E-state index is 12.5. The van der Waals surface area contributed by atoms with E-state index in [1.54, 1.807) is 27.5 Å². The summed E-state index contributed by atoms with van der Waals surface area (Å²) in [5.41, 5.74) is 6.15. The minimum absolute atomic E-state index is 0.103. The van der Waals surface area contributed by atoms with E-state index in [-0.39, 0.29) is 11.7 Å². The van der Waals surface area contributed by atoms with Crippen molar-refractivity contribution in [2.75, 3.05) is 27.1 Å². The fraction of sp³-hybridized carbons (Fsp3) is 0.185. The van der Waals surface area contributed by atoms with Gasteiger partial charge >= 0.3 is 0 Å². The summed E-state index contributed by atoms with van der Waals surface area (Å²) < 4.78 is 18.4. The van der Waals surface area contributed by atoms with Gasteiger partial charge in [-0.3, -0.25) is 9.36 Å². The Morgan fingerprint density at radius 3 is 2.35 bits per heavy atom. The number of hydrazone groups is 1. The smallest absolute Gasteiger partial charge is 0.250 e. The molecule has 0 spiro atoms. The number of nitrogens with zero attached hydrogens (tertiary/aromatic N) is 4. The number of aryl methyl sites for hydroxylation is 1. The minimum Gasteiger partial charge on any atom is -0.493 e. The molecule has 1 amide bonds. The second kappa shape index (κ2) is 12.1. The Morgan fingerprint density at radius 1 is 0.973 bits per heavy atom. The van der Waals surface area contributed by atoms with Crippen LogP contribution in [0.2, 0.25) is 0 Å². The van der Waals surface area contributed by atoms with Crippen LogP contribution in [0.25, 0.3) is 17.1 Å². The summed E-state index contributed by atoms with van der Waals surface area (Å²) in [4.78, 5) is 12.5. The molecule has 4 rings (SSSR count). The third-order valence-electron chi connectivity index (χ3n) is 5.35. The van der Waals surface area contributed by atoms with Crippen molar-refractivity contribution in [1.29, 1.82) is 0 Å². The van der Waals surface area contributed by atoms with Crippen LogP contribution in [-0.4, -0.2) is 54.0 Å². The molecule has 3 aromatic carbocycles. The number of nitrogens with one attached hydrogen (secondary N) is 1. The molecular formula is C27H27N5O4S. The highest BCUT2D eigenvalue weighted by molar-refractivity contribution is 7.99. The number of benzene rings is 3. The van der Waals surface area contributed by atoms with Crippen LogP contribution in [0.1, 0.15) is 11.1 Å². The number of hydrogen-bond acceptors (Lipinski definition) is 8. The SMILES string of the molecule is COc1cc(-c2nnc(SCC(=O)NN=Cc3cccc(C)c3)n2-c2ccccc2)cc(OC)c1OC. The number of rotatable bonds is 10. The molecule has 9 nitrogen and oxygen atoms in total. The van der Waals surface area contributed by atoms with E-state index in [0.717, 1.165) is 16.8 Å². The summed E-state index contributed by atoms with van der Waals surface area (Å²) in [5, 5.41) is 13.4. The van der Waals surface area contributed by atoms with E-state index in [9.17, 15) is 4.79 Å². The lowest BCUT2D eigenvalue weighted by Gasteiger charge is -2.15. The van der Waals surface area contributed by atoms with Crippen LogP contribution in [0, 0.1) is 6.92 Å². The van der Waals surface area contributed by atoms with E-state index < -0.39 is 0 Å². The van der Waals surface area contributed by atoms with E-state index in [0.29, 0.717) is 33.8 Å². The van der Waals surface area contributed by atoms with E-state index in [1.165, 1.54) is 11.8 Å². The number of aromatic nitrogens is 3. The predicted molar refractivity (Wildman–Crippen MR) is 144 cm³/mol. The normalized spacial score (nSPS) is 10.9. The van der Waals surface area contributed by atoms with Crippen molar-refractivity contribution in [1.82, 2.24) is 20.2 Å². The fourth-order valence-corrected chi connectivity index (χ4v) is 4.41. The number of methoxy groups -OCH3 is 3. The zero-order chi connectivity index (χ0) is 26.2. The lowest BCUT2D eigenvalue weighted by molar-refractivity contribution is -0.118. The summed E-state index contributed by atoms with van der Waals surface area (Å²) >= 11 is 1.26. The zero-order valence-corrected chi connectivity index (χ0v) is 21.8. The molecule has 4 aromatic rings. The van der Waals surface area contributed by atoms with Crippen molar-refractivity contribution < 1.29 is 19.0 Å². The molecule has 0 aliphatic heterocycles. The largest absolute Gasteiger partial charge is 0.493 e. The monoisotopic (exact) mass is 517 g/mol. The van der Waals surface area contributed by atoms with E-state index in [2.05, 4.69) is 20.7 Å². The fourth-order valence-electron chi connectivity index (χ4n) is 3.66. The summed E-state index contributed by atoms with van der Waals surface area (Å²) in [6.45, 7) is 2.00. The second-order valence-electron chi connectivity index (χ2n) is 7.89. The quantitative estimate of drug-likeness (QED) is 0.188. The third-order valence-corrected chi connectivity index (χ3v) is 6.28. The first kappa shape index (κ1) is 25.8. The first-order valence-corrected chi connectivity index (χ1v) is 12.3. The molecule has 10 heteroatoms. The average Bonchev–Trinajstić information content (AvgIpc) is 3.35. The summed E-state index contributed by atoms with van der Waals surface area (Å²) in [5.74, 6) is 1.89. The van der Waals surface area contributed by atoms with E-state index in [1.807, 2.05) is 78.2 Å². The number of ether oxygens (including phenoxy) is 3. The Hall–Kier alpha value is -4.31. The maximum atomic E-state index is 12.5. The van der Waals surface area contributed by atoms with Gasteiger partial charge in [0.15, 0.2) is 22.5 Å². The summed E-state index contributed by atoms with van der Waals surface area (Å²) in [6.07, 6.45) is 1.62. The molecule has 0 bridgehead atoms. The van der Waals surface area contributed by atoms with Gasteiger partial charge in [-0.1, -0.05) is 59.8 Å². The number of thioether (sulfide) groups is 1. The van der Waals surface area contributed by atoms with Gasteiger partial charge in [0.2, 0.25) is 5.75 Å². The van der Waals surface area contributed by atoms with E-state index in [4.69, 9.17) is 14.2 Å². The van der Waals surface area contributed by atoms with Gasteiger partial charge in [0, 0.05) is 11.3 Å². The van der Waals surface area contributed by atoms with Gasteiger partial charge in [-0.15, -0.1) is 10.2 Å². The van der Waals surface area contributed by atoms with E-state index >= 15 is 0 Å². The van der Waals surface area contributed by atoms with Crippen LogP contribution in [0.3, 0.4) is 0 Å². The van der Waals surface area contributed by atoms with Crippen LogP contribution < -0.4 is 19.6 Å². The Morgan fingerprint density at radius 2 is 1.70 bits per heavy atom. The summed E-state index contributed by atoms with van der Waals surface area (Å²) in [7, 11) is 4.67. The van der Waals surface area contributed by atoms with Gasteiger partial charge < -0.3 is 14.2 Å².